The molecule has 0 saturated heterocycles. The summed E-state index contributed by atoms with van der Waals surface area (Å²) in [4.78, 5) is 14.1. The third kappa shape index (κ3) is 4.35. The maximum absolute atomic E-state index is 11.4. The van der Waals surface area contributed by atoms with Crippen molar-refractivity contribution in [2.24, 2.45) is 5.92 Å². The number of hydrogen-bond acceptors (Lipinski definition) is 4. The molecule has 5 nitrogen and oxygen atoms in total. The van der Waals surface area contributed by atoms with Crippen molar-refractivity contribution in [2.45, 2.75) is 13.8 Å². The summed E-state index contributed by atoms with van der Waals surface area (Å²) >= 11 is 0. The number of ether oxygens (including phenoxy) is 2. The van der Waals surface area contributed by atoms with Gasteiger partial charge in [0.15, 0.2) is 0 Å². The van der Waals surface area contributed by atoms with Crippen LogP contribution >= 0.6 is 0 Å². The van der Waals surface area contributed by atoms with E-state index in [1.807, 2.05) is 0 Å². The van der Waals surface area contributed by atoms with Crippen molar-refractivity contribution >= 4 is 11.7 Å². The van der Waals surface area contributed by atoms with E-state index in [1.54, 1.807) is 6.20 Å². The van der Waals surface area contributed by atoms with Gasteiger partial charge in [0.1, 0.15) is 12.3 Å². The van der Waals surface area contributed by atoms with Crippen LogP contribution in [0.4, 0.5) is 5.69 Å². The predicted molar refractivity (Wildman–Crippen MR) is 61.1 cm³/mol. The monoisotopic (exact) mass is 226 g/mol. The van der Waals surface area contributed by atoms with Gasteiger partial charge in [-0.3, -0.25) is 0 Å². The molecular formula is C11H18N2O3. The van der Waals surface area contributed by atoms with E-state index in [9.17, 15) is 4.79 Å². The van der Waals surface area contributed by atoms with Crippen LogP contribution in [0, 0.1) is 5.92 Å². The lowest BCUT2D eigenvalue weighted by Gasteiger charge is -2.06. The molecule has 1 rings (SSSR count). The van der Waals surface area contributed by atoms with E-state index in [2.05, 4.69) is 18.8 Å². The molecule has 1 aromatic heterocycles. The number of nitrogens with two attached hydrogens (primary N) is 1. The van der Waals surface area contributed by atoms with Gasteiger partial charge in [-0.25, -0.2) is 4.79 Å². The van der Waals surface area contributed by atoms with Crippen molar-refractivity contribution in [1.82, 2.24) is 4.98 Å². The van der Waals surface area contributed by atoms with Crippen LogP contribution in [0.2, 0.25) is 0 Å². The number of aromatic nitrogens is 1. The molecule has 90 valence electrons. The summed E-state index contributed by atoms with van der Waals surface area (Å²) in [5.41, 5.74) is 6.34. The maximum atomic E-state index is 11.4. The molecule has 0 aromatic carbocycles. The van der Waals surface area contributed by atoms with Gasteiger partial charge < -0.3 is 20.2 Å². The molecule has 0 atom stereocenters. The molecule has 0 bridgehead atoms. The van der Waals surface area contributed by atoms with Crippen LogP contribution in [-0.2, 0) is 9.47 Å². The van der Waals surface area contributed by atoms with Crippen LogP contribution in [0.3, 0.4) is 0 Å². The minimum atomic E-state index is -0.412. The van der Waals surface area contributed by atoms with Crippen LogP contribution in [0.25, 0.3) is 0 Å². The number of nitrogen functional groups attached to an aromatic ring is 1. The van der Waals surface area contributed by atoms with Gasteiger partial charge in [0.05, 0.1) is 12.3 Å². The normalized spacial score (nSPS) is 10.7. The first-order chi connectivity index (χ1) is 7.59. The molecule has 0 amide bonds. The fourth-order valence-corrected chi connectivity index (χ4v) is 1.12. The molecule has 0 saturated carbocycles. The van der Waals surface area contributed by atoms with Crippen molar-refractivity contribution in [3.63, 3.8) is 0 Å². The summed E-state index contributed by atoms with van der Waals surface area (Å²) in [6.07, 6.45) is 1.55. The molecular weight excluding hydrogens is 208 g/mol. The minimum absolute atomic E-state index is 0.254. The van der Waals surface area contributed by atoms with Crippen molar-refractivity contribution in [3.8, 4) is 0 Å². The summed E-state index contributed by atoms with van der Waals surface area (Å²) in [6.45, 7) is 5.47. The number of carbonyl (C=O) groups is 1. The fourth-order valence-electron chi connectivity index (χ4n) is 1.12. The van der Waals surface area contributed by atoms with Gasteiger partial charge in [0.25, 0.3) is 0 Å². The minimum Gasteiger partial charge on any atom is -0.459 e. The third-order valence-corrected chi connectivity index (χ3v) is 1.84. The molecule has 1 aromatic rings. The van der Waals surface area contributed by atoms with Gasteiger partial charge in [-0.15, -0.1) is 0 Å². The summed E-state index contributed by atoms with van der Waals surface area (Å²) in [5, 5.41) is 0. The Hall–Kier alpha value is -1.49. The van der Waals surface area contributed by atoms with Crippen molar-refractivity contribution in [3.05, 3.63) is 18.0 Å². The molecule has 0 aliphatic heterocycles. The zero-order valence-corrected chi connectivity index (χ0v) is 9.66. The average molecular weight is 226 g/mol. The highest BCUT2D eigenvalue weighted by Crippen LogP contribution is 2.05. The van der Waals surface area contributed by atoms with E-state index >= 15 is 0 Å². The lowest BCUT2D eigenvalue weighted by molar-refractivity contribution is 0.0273. The van der Waals surface area contributed by atoms with E-state index in [1.165, 1.54) is 6.07 Å². The predicted octanol–water partition coefficient (Wildman–Crippen LogP) is 1.43. The molecule has 0 unspecified atom stereocenters. The Labute approximate surface area is 94.9 Å². The zero-order chi connectivity index (χ0) is 12.0. The number of H-pyrrole nitrogens is 1. The number of hydrogen-bond donors (Lipinski definition) is 2. The van der Waals surface area contributed by atoms with Gasteiger partial charge in [-0.1, -0.05) is 13.8 Å². The number of carbonyl (C=O) groups excluding carboxylic acids is 1. The highest BCUT2D eigenvalue weighted by Gasteiger charge is 2.08. The zero-order valence-electron chi connectivity index (χ0n) is 9.66. The van der Waals surface area contributed by atoms with E-state index in [0.29, 0.717) is 30.5 Å². The van der Waals surface area contributed by atoms with Crippen LogP contribution in [0.5, 0.6) is 0 Å². The standard InChI is InChI=1S/C11H18N2O3/c1-8(2)7-15-3-4-16-11(14)10-5-9(12)6-13-10/h5-6,8,13H,3-4,7,12H2,1-2H3. The number of anilines is 1. The SMILES string of the molecule is CC(C)COCCOC(=O)c1cc(N)c[nH]1. The smallest absolute Gasteiger partial charge is 0.354 e. The van der Waals surface area contributed by atoms with Gasteiger partial charge in [-0.05, 0) is 12.0 Å². The molecule has 0 spiro atoms. The molecule has 0 fully saturated rings. The van der Waals surface area contributed by atoms with Crippen LogP contribution in [0.15, 0.2) is 12.3 Å². The third-order valence-electron chi connectivity index (χ3n) is 1.84. The number of esters is 1. The molecule has 5 heteroatoms. The second-order valence-electron chi connectivity index (χ2n) is 3.95. The van der Waals surface area contributed by atoms with Crippen LogP contribution in [-0.4, -0.2) is 30.8 Å². The Morgan fingerprint density at radius 2 is 2.25 bits per heavy atom. The molecule has 16 heavy (non-hydrogen) atoms. The first kappa shape index (κ1) is 12.6. The lowest BCUT2D eigenvalue weighted by atomic mass is 10.2. The number of aromatic amines is 1. The molecule has 0 aliphatic rings. The van der Waals surface area contributed by atoms with Gasteiger partial charge >= 0.3 is 5.97 Å². The summed E-state index contributed by atoms with van der Waals surface area (Å²) < 4.78 is 10.2. The Morgan fingerprint density at radius 3 is 2.81 bits per heavy atom. The Kier molecular flexibility index (Phi) is 4.85. The second-order valence-corrected chi connectivity index (χ2v) is 3.95. The topological polar surface area (TPSA) is 77.3 Å². The maximum Gasteiger partial charge on any atom is 0.354 e. The number of rotatable bonds is 6. The molecule has 0 aliphatic carbocycles. The van der Waals surface area contributed by atoms with Crippen molar-refractivity contribution < 1.29 is 14.3 Å². The van der Waals surface area contributed by atoms with Gasteiger partial charge in [-0.2, -0.15) is 0 Å². The first-order valence-corrected chi connectivity index (χ1v) is 5.28. The van der Waals surface area contributed by atoms with E-state index in [-0.39, 0.29) is 6.61 Å². The van der Waals surface area contributed by atoms with Crippen LogP contribution < -0.4 is 5.73 Å². The highest BCUT2D eigenvalue weighted by atomic mass is 16.6. The molecule has 0 radical (unpaired) electrons. The average Bonchev–Trinajstić information content (AvgIpc) is 2.63. The Balaban J connectivity index is 2.16. The second kappa shape index (κ2) is 6.17. The largest absolute Gasteiger partial charge is 0.459 e. The summed E-state index contributed by atoms with van der Waals surface area (Å²) in [7, 11) is 0. The lowest BCUT2D eigenvalue weighted by Crippen LogP contribution is -2.12. The highest BCUT2D eigenvalue weighted by molar-refractivity contribution is 5.88. The summed E-state index contributed by atoms with van der Waals surface area (Å²) in [6, 6.07) is 1.54. The van der Waals surface area contributed by atoms with Crippen molar-refractivity contribution in [1.29, 1.82) is 0 Å². The number of nitrogens with one attached hydrogen (secondary N) is 1. The summed E-state index contributed by atoms with van der Waals surface area (Å²) in [5.74, 6) is 0.0729. The first-order valence-electron chi connectivity index (χ1n) is 5.28. The molecule has 1 heterocycles. The fraction of sp³-hybridized carbons (Fsp3) is 0.545. The van der Waals surface area contributed by atoms with Crippen LogP contribution in [0.1, 0.15) is 24.3 Å². The van der Waals surface area contributed by atoms with E-state index < -0.39 is 5.97 Å². The Bertz CT molecular complexity index is 334. The van der Waals surface area contributed by atoms with Gasteiger partial charge in [0.2, 0.25) is 0 Å². The van der Waals surface area contributed by atoms with Crippen molar-refractivity contribution in [2.75, 3.05) is 25.6 Å². The van der Waals surface area contributed by atoms with E-state index in [4.69, 9.17) is 15.2 Å². The quantitative estimate of drug-likeness (QED) is 0.568. The van der Waals surface area contributed by atoms with E-state index in [0.717, 1.165) is 0 Å². The van der Waals surface area contributed by atoms with Gasteiger partial charge in [0, 0.05) is 12.8 Å². The molecule has 3 N–H and O–H groups in total. The Morgan fingerprint density at radius 1 is 1.50 bits per heavy atom.